The summed E-state index contributed by atoms with van der Waals surface area (Å²) in [4.78, 5) is 2.36. The molecule has 0 saturated heterocycles. The van der Waals surface area contributed by atoms with E-state index in [-0.39, 0.29) is 11.9 Å². The van der Waals surface area contributed by atoms with Gasteiger partial charge < -0.3 is 4.90 Å². The monoisotopic (exact) mass is 363 g/mol. The van der Waals surface area contributed by atoms with Crippen molar-refractivity contribution in [1.82, 2.24) is 20.2 Å². The van der Waals surface area contributed by atoms with Crippen molar-refractivity contribution in [3.05, 3.63) is 71.3 Å². The second kappa shape index (κ2) is 6.76. The third-order valence-electron chi connectivity index (χ3n) is 5.85. The Kier molecular flexibility index (Phi) is 4.11. The van der Waals surface area contributed by atoms with E-state index in [0.717, 1.165) is 37.2 Å². The zero-order valence-corrected chi connectivity index (χ0v) is 15.1. The average molecular weight is 363 g/mol. The number of anilines is 1. The number of fused-ring (bicyclic) bond motifs is 1. The highest BCUT2D eigenvalue weighted by Crippen LogP contribution is 2.39. The molecule has 1 aromatic heterocycles. The van der Waals surface area contributed by atoms with Crippen LogP contribution in [0.1, 0.15) is 54.7 Å². The van der Waals surface area contributed by atoms with Gasteiger partial charge in [0.15, 0.2) is 5.82 Å². The minimum Gasteiger partial charge on any atom is -0.357 e. The molecule has 3 aromatic rings. The van der Waals surface area contributed by atoms with Crippen LogP contribution in [-0.4, -0.2) is 26.8 Å². The highest BCUT2D eigenvalue weighted by molar-refractivity contribution is 5.60. The summed E-state index contributed by atoms with van der Waals surface area (Å²) in [5, 5.41) is 12.8. The smallest absolute Gasteiger partial charge is 0.178 e. The van der Waals surface area contributed by atoms with Crippen LogP contribution >= 0.6 is 0 Å². The molecule has 1 saturated carbocycles. The molecule has 0 radical (unpaired) electrons. The van der Waals surface area contributed by atoms with Crippen LogP contribution in [0.25, 0.3) is 0 Å². The fourth-order valence-electron chi connectivity index (χ4n) is 4.53. The van der Waals surface area contributed by atoms with Crippen LogP contribution in [-0.2, 0) is 6.42 Å². The SMILES string of the molecule is Fc1ccc([C@H](c2nnnn2C2CCCC2)N2CCc3ccccc32)cc1. The Balaban J connectivity index is 1.62. The number of rotatable bonds is 4. The van der Waals surface area contributed by atoms with E-state index in [0.29, 0.717) is 6.04 Å². The van der Waals surface area contributed by atoms with Gasteiger partial charge in [0.05, 0.1) is 6.04 Å². The molecule has 2 heterocycles. The lowest BCUT2D eigenvalue weighted by atomic mass is 10.0. The van der Waals surface area contributed by atoms with Crippen molar-refractivity contribution in [2.24, 2.45) is 0 Å². The lowest BCUT2D eigenvalue weighted by Crippen LogP contribution is -2.31. The van der Waals surface area contributed by atoms with Crippen LogP contribution in [0.5, 0.6) is 0 Å². The molecule has 0 bridgehead atoms. The van der Waals surface area contributed by atoms with Crippen LogP contribution in [0.4, 0.5) is 10.1 Å². The van der Waals surface area contributed by atoms with E-state index >= 15 is 0 Å². The zero-order valence-electron chi connectivity index (χ0n) is 15.1. The fraction of sp³-hybridized carbons (Fsp3) is 0.381. The number of nitrogens with zero attached hydrogens (tertiary/aromatic N) is 5. The van der Waals surface area contributed by atoms with Crippen molar-refractivity contribution in [2.75, 3.05) is 11.4 Å². The van der Waals surface area contributed by atoms with Crippen LogP contribution < -0.4 is 4.90 Å². The van der Waals surface area contributed by atoms with Crippen molar-refractivity contribution in [3.63, 3.8) is 0 Å². The van der Waals surface area contributed by atoms with Crippen molar-refractivity contribution < 1.29 is 4.39 Å². The van der Waals surface area contributed by atoms with E-state index in [1.165, 1.54) is 36.2 Å². The highest BCUT2D eigenvalue weighted by atomic mass is 19.1. The summed E-state index contributed by atoms with van der Waals surface area (Å²) in [6, 6.07) is 15.5. The molecule has 5 nitrogen and oxygen atoms in total. The summed E-state index contributed by atoms with van der Waals surface area (Å²) in [5.74, 6) is 0.625. The van der Waals surface area contributed by atoms with E-state index in [9.17, 15) is 4.39 Å². The summed E-state index contributed by atoms with van der Waals surface area (Å²) in [6.45, 7) is 0.902. The molecule has 1 aliphatic heterocycles. The first-order valence-electron chi connectivity index (χ1n) is 9.69. The number of hydrogen-bond acceptors (Lipinski definition) is 4. The number of benzene rings is 2. The van der Waals surface area contributed by atoms with Crippen molar-refractivity contribution >= 4 is 5.69 Å². The van der Waals surface area contributed by atoms with Gasteiger partial charge in [-0.25, -0.2) is 9.07 Å². The van der Waals surface area contributed by atoms with Crippen molar-refractivity contribution in [1.29, 1.82) is 0 Å². The lowest BCUT2D eigenvalue weighted by molar-refractivity contribution is 0.428. The maximum absolute atomic E-state index is 13.6. The largest absolute Gasteiger partial charge is 0.357 e. The van der Waals surface area contributed by atoms with Gasteiger partial charge in [-0.2, -0.15) is 0 Å². The first kappa shape index (κ1) is 16.4. The summed E-state index contributed by atoms with van der Waals surface area (Å²) >= 11 is 0. The first-order valence-corrected chi connectivity index (χ1v) is 9.69. The number of hydrogen-bond donors (Lipinski definition) is 0. The van der Waals surface area contributed by atoms with Crippen LogP contribution in [0.15, 0.2) is 48.5 Å². The maximum atomic E-state index is 13.6. The molecule has 1 aliphatic carbocycles. The molecule has 1 fully saturated rings. The van der Waals surface area contributed by atoms with Gasteiger partial charge in [-0.05, 0) is 59.0 Å². The Morgan fingerprint density at radius 3 is 2.59 bits per heavy atom. The van der Waals surface area contributed by atoms with Gasteiger partial charge in [-0.1, -0.05) is 43.2 Å². The van der Waals surface area contributed by atoms with Gasteiger partial charge >= 0.3 is 0 Å². The molecule has 27 heavy (non-hydrogen) atoms. The molecule has 0 spiro atoms. The number of tetrazole rings is 1. The molecule has 6 heteroatoms. The minimum atomic E-state index is -0.227. The first-order chi connectivity index (χ1) is 13.3. The van der Waals surface area contributed by atoms with Gasteiger partial charge in [0.1, 0.15) is 11.9 Å². The molecule has 5 rings (SSSR count). The average Bonchev–Trinajstić information content (AvgIpc) is 3.45. The van der Waals surface area contributed by atoms with E-state index in [1.54, 1.807) is 0 Å². The van der Waals surface area contributed by atoms with E-state index < -0.39 is 0 Å². The topological polar surface area (TPSA) is 46.8 Å². The Morgan fingerprint density at radius 2 is 1.78 bits per heavy atom. The molecule has 0 N–H and O–H groups in total. The Hall–Kier alpha value is -2.76. The molecule has 0 amide bonds. The Bertz CT molecular complexity index is 930. The third kappa shape index (κ3) is 2.89. The van der Waals surface area contributed by atoms with Crippen molar-refractivity contribution in [2.45, 2.75) is 44.2 Å². The van der Waals surface area contributed by atoms with Crippen LogP contribution in [0, 0.1) is 5.82 Å². The summed E-state index contributed by atoms with van der Waals surface area (Å²) in [7, 11) is 0. The second-order valence-electron chi connectivity index (χ2n) is 7.45. The standard InChI is InChI=1S/C21H22FN5/c22-17-11-9-16(10-12-17)20(26-14-13-15-5-1-4-8-19(15)26)21-23-24-25-27(21)18-6-2-3-7-18/h1,4-5,8-12,18,20H,2-3,6-7,13-14H2/t20-/m1/s1. The number of para-hydroxylation sites is 1. The number of halogens is 1. The molecule has 138 valence electrons. The van der Waals surface area contributed by atoms with Crippen LogP contribution in [0.2, 0.25) is 0 Å². The summed E-state index contributed by atoms with van der Waals surface area (Å²) < 4.78 is 15.6. The quantitative estimate of drug-likeness (QED) is 0.701. The molecular weight excluding hydrogens is 341 g/mol. The maximum Gasteiger partial charge on any atom is 0.178 e. The molecule has 1 atom stereocenters. The zero-order chi connectivity index (χ0) is 18.2. The second-order valence-corrected chi connectivity index (χ2v) is 7.45. The van der Waals surface area contributed by atoms with Crippen molar-refractivity contribution in [3.8, 4) is 0 Å². The van der Waals surface area contributed by atoms with Gasteiger partial charge in [-0.15, -0.1) is 5.10 Å². The normalized spacial score (nSPS) is 18.0. The van der Waals surface area contributed by atoms with Gasteiger partial charge in [0, 0.05) is 12.2 Å². The highest BCUT2D eigenvalue weighted by Gasteiger charge is 2.34. The van der Waals surface area contributed by atoms with Gasteiger partial charge in [-0.3, -0.25) is 0 Å². The van der Waals surface area contributed by atoms with E-state index in [2.05, 4.69) is 44.7 Å². The van der Waals surface area contributed by atoms with E-state index in [4.69, 9.17) is 0 Å². The molecule has 2 aromatic carbocycles. The third-order valence-corrected chi connectivity index (χ3v) is 5.85. The minimum absolute atomic E-state index is 0.121. The molecule has 2 aliphatic rings. The lowest BCUT2D eigenvalue weighted by Gasteiger charge is -2.30. The predicted molar refractivity (Wildman–Crippen MR) is 101 cm³/mol. The molecule has 0 unspecified atom stereocenters. The van der Waals surface area contributed by atoms with Crippen LogP contribution in [0.3, 0.4) is 0 Å². The fourth-order valence-corrected chi connectivity index (χ4v) is 4.53. The van der Waals surface area contributed by atoms with Gasteiger partial charge in [0.25, 0.3) is 0 Å². The summed E-state index contributed by atoms with van der Waals surface area (Å²) in [6.07, 6.45) is 5.67. The predicted octanol–water partition coefficient (Wildman–Crippen LogP) is 4.08. The Labute approximate surface area is 157 Å². The Morgan fingerprint density at radius 1 is 1.00 bits per heavy atom. The summed E-state index contributed by atoms with van der Waals surface area (Å²) in [5.41, 5.74) is 3.57. The number of aromatic nitrogens is 4. The molecular formula is C21H22FN5. The van der Waals surface area contributed by atoms with Gasteiger partial charge in [0.2, 0.25) is 0 Å². The van der Waals surface area contributed by atoms with E-state index in [1.807, 2.05) is 16.8 Å².